The van der Waals surface area contributed by atoms with Crippen molar-refractivity contribution in [2.24, 2.45) is 17.1 Å². The van der Waals surface area contributed by atoms with Crippen LogP contribution in [0.3, 0.4) is 0 Å². The molecule has 0 amide bonds. The summed E-state index contributed by atoms with van der Waals surface area (Å²) in [6, 6.07) is 2.24. The van der Waals surface area contributed by atoms with Gasteiger partial charge in [-0.05, 0) is 72.2 Å². The van der Waals surface area contributed by atoms with Gasteiger partial charge in [-0.3, -0.25) is 0 Å². The van der Waals surface area contributed by atoms with Gasteiger partial charge in [0.2, 0.25) is 0 Å². The number of thiophene rings is 1. The Morgan fingerprint density at radius 1 is 1.37 bits per heavy atom. The molecule has 2 rings (SSSR count). The average molecular weight is 279 g/mol. The summed E-state index contributed by atoms with van der Waals surface area (Å²) in [7, 11) is 0. The molecule has 0 spiro atoms. The molecule has 1 aromatic rings. The fourth-order valence-corrected chi connectivity index (χ4v) is 4.04. The molecule has 1 heterocycles. The first-order chi connectivity index (χ1) is 8.95. The van der Waals surface area contributed by atoms with Gasteiger partial charge in [-0.25, -0.2) is 0 Å². The molecule has 2 heteroatoms. The molecule has 1 aliphatic rings. The van der Waals surface area contributed by atoms with Crippen LogP contribution in [0.5, 0.6) is 0 Å². The van der Waals surface area contributed by atoms with E-state index in [1.165, 1.54) is 37.7 Å². The van der Waals surface area contributed by atoms with Crippen molar-refractivity contribution in [1.82, 2.24) is 0 Å². The molecule has 0 aliphatic heterocycles. The zero-order valence-corrected chi connectivity index (χ0v) is 13.6. The van der Waals surface area contributed by atoms with E-state index in [1.54, 1.807) is 11.3 Å². The van der Waals surface area contributed by atoms with Gasteiger partial charge < -0.3 is 5.73 Å². The monoisotopic (exact) mass is 279 g/mol. The van der Waals surface area contributed by atoms with Gasteiger partial charge in [0, 0.05) is 5.54 Å². The van der Waals surface area contributed by atoms with Crippen molar-refractivity contribution < 1.29 is 0 Å². The van der Waals surface area contributed by atoms with Crippen LogP contribution in [0.2, 0.25) is 0 Å². The molecule has 0 bridgehead atoms. The van der Waals surface area contributed by atoms with E-state index >= 15 is 0 Å². The van der Waals surface area contributed by atoms with Crippen LogP contribution in [0.4, 0.5) is 0 Å². The third-order valence-corrected chi connectivity index (χ3v) is 6.22. The lowest BCUT2D eigenvalue weighted by molar-refractivity contribution is 0.112. The lowest BCUT2D eigenvalue weighted by atomic mass is 9.65. The summed E-state index contributed by atoms with van der Waals surface area (Å²) in [5, 5.41) is 4.42. The smallest absolute Gasteiger partial charge is 0.0157 e. The van der Waals surface area contributed by atoms with Crippen LogP contribution >= 0.6 is 11.3 Å². The summed E-state index contributed by atoms with van der Waals surface area (Å²) in [6.45, 7) is 7.17. The van der Waals surface area contributed by atoms with Crippen molar-refractivity contribution in [2.75, 3.05) is 0 Å². The second-order valence-corrected chi connectivity index (χ2v) is 7.89. The van der Waals surface area contributed by atoms with Gasteiger partial charge in [0.05, 0.1) is 0 Å². The first-order valence-electron chi connectivity index (χ1n) is 7.75. The zero-order valence-electron chi connectivity index (χ0n) is 12.7. The van der Waals surface area contributed by atoms with Crippen LogP contribution < -0.4 is 5.73 Å². The Morgan fingerprint density at radius 2 is 2.05 bits per heavy atom. The van der Waals surface area contributed by atoms with Crippen LogP contribution in [-0.2, 0) is 6.42 Å². The van der Waals surface area contributed by atoms with Gasteiger partial charge in [0.25, 0.3) is 0 Å². The molecule has 0 saturated heterocycles. The van der Waals surface area contributed by atoms with Gasteiger partial charge in [-0.15, -0.1) is 0 Å². The van der Waals surface area contributed by atoms with Crippen molar-refractivity contribution in [3.8, 4) is 0 Å². The predicted octanol–water partition coefficient (Wildman–Crippen LogP) is 5.00. The van der Waals surface area contributed by atoms with Crippen LogP contribution in [0.25, 0.3) is 0 Å². The lowest BCUT2D eigenvalue weighted by Crippen LogP contribution is -2.45. The molecule has 0 radical (unpaired) electrons. The normalized spacial score (nSPS) is 28.5. The molecule has 1 fully saturated rings. The molecular weight excluding hydrogens is 250 g/mol. The van der Waals surface area contributed by atoms with Gasteiger partial charge >= 0.3 is 0 Å². The molecule has 0 aromatic carbocycles. The number of nitrogens with two attached hydrogens (primary N) is 1. The minimum atomic E-state index is 0.0995. The molecule has 19 heavy (non-hydrogen) atoms. The number of rotatable bonds is 5. The largest absolute Gasteiger partial charge is 0.325 e. The molecule has 108 valence electrons. The van der Waals surface area contributed by atoms with E-state index in [0.717, 1.165) is 18.8 Å². The zero-order chi connectivity index (χ0) is 13.9. The Bertz CT molecular complexity index is 372. The summed E-state index contributed by atoms with van der Waals surface area (Å²) < 4.78 is 0. The predicted molar refractivity (Wildman–Crippen MR) is 85.6 cm³/mol. The fraction of sp³-hybridized carbons (Fsp3) is 0.765. The number of hydrogen-bond acceptors (Lipinski definition) is 2. The summed E-state index contributed by atoms with van der Waals surface area (Å²) in [5.74, 6) is 0.871. The van der Waals surface area contributed by atoms with Crippen LogP contribution in [-0.4, -0.2) is 5.54 Å². The molecular formula is C17H29NS. The topological polar surface area (TPSA) is 26.0 Å². The summed E-state index contributed by atoms with van der Waals surface area (Å²) in [4.78, 5) is 0. The third kappa shape index (κ3) is 3.82. The average Bonchev–Trinajstić information content (AvgIpc) is 2.90. The minimum absolute atomic E-state index is 0.0995. The molecule has 1 aromatic heterocycles. The van der Waals surface area contributed by atoms with Gasteiger partial charge in [-0.2, -0.15) is 11.3 Å². The second kappa shape index (κ2) is 5.97. The molecule has 0 atom stereocenters. The van der Waals surface area contributed by atoms with E-state index in [1.807, 2.05) is 0 Å². The Balaban J connectivity index is 1.84. The van der Waals surface area contributed by atoms with Gasteiger partial charge in [-0.1, -0.05) is 27.2 Å². The maximum absolute atomic E-state index is 6.63. The highest BCUT2D eigenvalue weighted by Crippen LogP contribution is 2.43. The van der Waals surface area contributed by atoms with E-state index in [0.29, 0.717) is 5.41 Å². The SMILES string of the molecule is CCC(C)(C)C1CCC(N)(CCc2ccsc2)CC1. The van der Waals surface area contributed by atoms with Crippen molar-refractivity contribution in [2.45, 2.75) is 71.3 Å². The Hall–Kier alpha value is -0.340. The fourth-order valence-electron chi connectivity index (χ4n) is 3.34. The summed E-state index contributed by atoms with van der Waals surface area (Å²) in [6.07, 6.45) is 8.66. The summed E-state index contributed by atoms with van der Waals surface area (Å²) >= 11 is 1.79. The highest BCUT2D eigenvalue weighted by atomic mass is 32.1. The highest BCUT2D eigenvalue weighted by molar-refractivity contribution is 7.07. The number of aryl methyl sites for hydroxylation is 1. The minimum Gasteiger partial charge on any atom is -0.325 e. The van der Waals surface area contributed by atoms with E-state index in [2.05, 4.69) is 37.6 Å². The van der Waals surface area contributed by atoms with Crippen molar-refractivity contribution >= 4 is 11.3 Å². The molecule has 0 unspecified atom stereocenters. The summed E-state index contributed by atoms with van der Waals surface area (Å²) in [5.41, 5.74) is 8.68. The number of hydrogen-bond donors (Lipinski definition) is 1. The Morgan fingerprint density at radius 3 is 2.58 bits per heavy atom. The van der Waals surface area contributed by atoms with Gasteiger partial charge in [0.1, 0.15) is 0 Å². The maximum atomic E-state index is 6.63. The third-order valence-electron chi connectivity index (χ3n) is 5.49. The molecule has 1 saturated carbocycles. The second-order valence-electron chi connectivity index (χ2n) is 7.11. The first kappa shape index (κ1) is 15.1. The van der Waals surface area contributed by atoms with Gasteiger partial charge in [0.15, 0.2) is 0 Å². The van der Waals surface area contributed by atoms with Crippen LogP contribution in [0.1, 0.15) is 64.9 Å². The maximum Gasteiger partial charge on any atom is 0.0157 e. The van der Waals surface area contributed by atoms with E-state index in [4.69, 9.17) is 5.73 Å². The van der Waals surface area contributed by atoms with Crippen LogP contribution in [0.15, 0.2) is 16.8 Å². The van der Waals surface area contributed by atoms with Crippen LogP contribution in [0, 0.1) is 11.3 Å². The first-order valence-corrected chi connectivity index (χ1v) is 8.69. The molecule has 2 N–H and O–H groups in total. The van der Waals surface area contributed by atoms with E-state index < -0.39 is 0 Å². The van der Waals surface area contributed by atoms with E-state index in [-0.39, 0.29) is 5.54 Å². The molecule has 1 aliphatic carbocycles. The Labute approximate surface area is 122 Å². The molecule has 1 nitrogen and oxygen atoms in total. The highest BCUT2D eigenvalue weighted by Gasteiger charge is 2.36. The van der Waals surface area contributed by atoms with Crippen molar-refractivity contribution in [3.05, 3.63) is 22.4 Å². The standard InChI is InChI=1S/C17H29NS/c1-4-16(2,3)15-6-10-17(18,11-7-15)9-5-14-8-12-19-13-14/h8,12-13,15H,4-7,9-11,18H2,1-3H3. The van der Waals surface area contributed by atoms with Crippen molar-refractivity contribution in [3.63, 3.8) is 0 Å². The van der Waals surface area contributed by atoms with Crippen molar-refractivity contribution in [1.29, 1.82) is 0 Å². The quantitative estimate of drug-likeness (QED) is 0.806. The Kier molecular flexibility index (Phi) is 4.73. The van der Waals surface area contributed by atoms with E-state index in [9.17, 15) is 0 Å². The lowest BCUT2D eigenvalue weighted by Gasteiger charge is -2.43.